The standard InChI is InChI=1S/C15H15FN2O2/c1-7(2)15-17-6-11-12(18-15)9-4-3-8(16)5-10(9)13(19)14(11)20/h3-5,7,11,15,17H,6H2,1-2H3. The number of carbonyl (C=O) groups is 2. The molecule has 0 radical (unpaired) electrons. The second-order valence-corrected chi connectivity index (χ2v) is 5.55. The maximum absolute atomic E-state index is 13.3. The molecule has 4 nitrogen and oxygen atoms in total. The number of ketones is 2. The summed E-state index contributed by atoms with van der Waals surface area (Å²) in [7, 11) is 0. The van der Waals surface area contributed by atoms with Gasteiger partial charge in [0.2, 0.25) is 11.6 Å². The maximum atomic E-state index is 13.3. The fourth-order valence-electron chi connectivity index (χ4n) is 2.70. The summed E-state index contributed by atoms with van der Waals surface area (Å²) in [6.45, 7) is 4.47. The molecule has 2 atom stereocenters. The summed E-state index contributed by atoms with van der Waals surface area (Å²) in [5, 5.41) is 3.18. The molecule has 1 aliphatic heterocycles. The van der Waals surface area contributed by atoms with Gasteiger partial charge in [-0.1, -0.05) is 13.8 Å². The normalized spacial score (nSPS) is 25.3. The van der Waals surface area contributed by atoms with Crippen molar-refractivity contribution in [2.45, 2.75) is 20.0 Å². The predicted molar refractivity (Wildman–Crippen MR) is 72.4 cm³/mol. The van der Waals surface area contributed by atoms with Crippen molar-refractivity contribution in [3.63, 3.8) is 0 Å². The minimum absolute atomic E-state index is 0.0832. The quantitative estimate of drug-likeness (QED) is 0.791. The van der Waals surface area contributed by atoms with Gasteiger partial charge >= 0.3 is 0 Å². The first-order valence-electron chi connectivity index (χ1n) is 6.68. The molecule has 1 N–H and O–H groups in total. The van der Waals surface area contributed by atoms with Crippen LogP contribution in [0.15, 0.2) is 23.2 Å². The second kappa shape index (κ2) is 4.59. The van der Waals surface area contributed by atoms with E-state index in [4.69, 9.17) is 0 Å². The number of nitrogens with zero attached hydrogens (tertiary/aromatic N) is 1. The zero-order chi connectivity index (χ0) is 14.4. The molecule has 0 spiro atoms. The summed E-state index contributed by atoms with van der Waals surface area (Å²) in [5.74, 6) is -1.90. The lowest BCUT2D eigenvalue weighted by atomic mass is 9.79. The highest BCUT2D eigenvalue weighted by atomic mass is 19.1. The number of rotatable bonds is 1. The Hall–Kier alpha value is -1.88. The van der Waals surface area contributed by atoms with Gasteiger partial charge in [0, 0.05) is 17.7 Å². The van der Waals surface area contributed by atoms with Crippen LogP contribution in [0.25, 0.3) is 0 Å². The third-order valence-corrected chi connectivity index (χ3v) is 3.81. The van der Waals surface area contributed by atoms with Crippen LogP contribution in [-0.2, 0) is 4.79 Å². The number of hydrogen-bond donors (Lipinski definition) is 1. The van der Waals surface area contributed by atoms with E-state index in [9.17, 15) is 14.0 Å². The van der Waals surface area contributed by atoms with Gasteiger partial charge in [0.25, 0.3) is 0 Å². The Morgan fingerprint density at radius 1 is 1.30 bits per heavy atom. The van der Waals surface area contributed by atoms with Crippen LogP contribution in [0.5, 0.6) is 0 Å². The Morgan fingerprint density at radius 3 is 2.75 bits per heavy atom. The van der Waals surface area contributed by atoms with Crippen molar-refractivity contribution in [3.8, 4) is 0 Å². The molecule has 0 saturated heterocycles. The summed E-state index contributed by atoms with van der Waals surface area (Å²) >= 11 is 0. The van der Waals surface area contributed by atoms with Gasteiger partial charge in [0.05, 0.1) is 11.6 Å². The van der Waals surface area contributed by atoms with E-state index >= 15 is 0 Å². The van der Waals surface area contributed by atoms with Gasteiger partial charge in [0.15, 0.2) is 0 Å². The Labute approximate surface area is 116 Å². The minimum atomic E-state index is -0.617. The molecule has 0 fully saturated rings. The molecule has 2 aliphatic rings. The van der Waals surface area contributed by atoms with Gasteiger partial charge in [-0.25, -0.2) is 4.39 Å². The zero-order valence-electron chi connectivity index (χ0n) is 11.3. The molecule has 2 unspecified atom stereocenters. The van der Waals surface area contributed by atoms with E-state index in [0.29, 0.717) is 17.8 Å². The molecule has 0 saturated carbocycles. The lowest BCUT2D eigenvalue weighted by molar-refractivity contribution is -0.117. The highest BCUT2D eigenvalue weighted by Crippen LogP contribution is 2.28. The average Bonchev–Trinajstić information content (AvgIpc) is 2.44. The van der Waals surface area contributed by atoms with Crippen molar-refractivity contribution in [1.29, 1.82) is 0 Å². The van der Waals surface area contributed by atoms with Crippen molar-refractivity contribution in [2.75, 3.05) is 6.54 Å². The fourth-order valence-corrected chi connectivity index (χ4v) is 2.70. The number of hydrogen-bond acceptors (Lipinski definition) is 4. The number of fused-ring (bicyclic) bond motifs is 3. The number of carbonyl (C=O) groups excluding carboxylic acids is 2. The van der Waals surface area contributed by atoms with Gasteiger partial charge in [-0.05, 0) is 24.1 Å². The first-order valence-corrected chi connectivity index (χ1v) is 6.68. The van der Waals surface area contributed by atoms with Crippen LogP contribution in [0.2, 0.25) is 0 Å². The molecule has 5 heteroatoms. The Balaban J connectivity index is 2.17. The van der Waals surface area contributed by atoms with Gasteiger partial charge in [0.1, 0.15) is 12.0 Å². The van der Waals surface area contributed by atoms with Crippen LogP contribution in [0.1, 0.15) is 29.8 Å². The largest absolute Gasteiger partial charge is 0.294 e. The Kier molecular flexibility index (Phi) is 3.01. The summed E-state index contributed by atoms with van der Waals surface area (Å²) in [5.41, 5.74) is 1.34. The first-order chi connectivity index (χ1) is 9.49. The number of halogens is 1. The van der Waals surface area contributed by atoms with Crippen LogP contribution < -0.4 is 5.32 Å². The summed E-state index contributed by atoms with van der Waals surface area (Å²) in [6.07, 6.45) is -0.0832. The Bertz CT molecular complexity index is 637. The summed E-state index contributed by atoms with van der Waals surface area (Å²) < 4.78 is 13.3. The van der Waals surface area contributed by atoms with Crippen molar-refractivity contribution < 1.29 is 14.0 Å². The summed E-state index contributed by atoms with van der Waals surface area (Å²) in [6, 6.07) is 3.97. The number of Topliss-reactive ketones (excluding diaryl/α,β-unsaturated/α-hetero) is 2. The van der Waals surface area contributed by atoms with Crippen LogP contribution in [0.4, 0.5) is 4.39 Å². The molecular weight excluding hydrogens is 259 g/mol. The van der Waals surface area contributed by atoms with Crippen molar-refractivity contribution >= 4 is 17.3 Å². The predicted octanol–water partition coefficient (Wildman–Crippen LogP) is 1.58. The van der Waals surface area contributed by atoms with E-state index in [0.717, 1.165) is 6.07 Å². The lowest BCUT2D eigenvalue weighted by Gasteiger charge is -2.33. The fraction of sp³-hybridized carbons (Fsp3) is 0.400. The van der Waals surface area contributed by atoms with Crippen molar-refractivity contribution in [3.05, 3.63) is 35.1 Å². The third-order valence-electron chi connectivity index (χ3n) is 3.81. The van der Waals surface area contributed by atoms with Crippen LogP contribution in [-0.4, -0.2) is 30.0 Å². The molecule has 1 aromatic carbocycles. The highest BCUT2D eigenvalue weighted by Gasteiger charge is 2.41. The Morgan fingerprint density at radius 2 is 2.05 bits per heavy atom. The molecule has 104 valence electrons. The van der Waals surface area contributed by atoms with Crippen LogP contribution in [0, 0.1) is 17.7 Å². The zero-order valence-corrected chi connectivity index (χ0v) is 11.3. The van der Waals surface area contributed by atoms with E-state index in [2.05, 4.69) is 10.3 Å². The van der Waals surface area contributed by atoms with Gasteiger partial charge in [-0.2, -0.15) is 0 Å². The van der Waals surface area contributed by atoms with Gasteiger partial charge in [-0.15, -0.1) is 0 Å². The minimum Gasteiger partial charge on any atom is -0.294 e. The third kappa shape index (κ3) is 1.89. The van der Waals surface area contributed by atoms with Crippen molar-refractivity contribution in [2.24, 2.45) is 16.8 Å². The molecule has 1 aliphatic carbocycles. The average molecular weight is 274 g/mol. The van der Waals surface area contributed by atoms with E-state index in [1.54, 1.807) is 6.07 Å². The molecule has 0 bridgehead atoms. The van der Waals surface area contributed by atoms with E-state index < -0.39 is 23.3 Å². The maximum Gasteiger partial charge on any atom is 0.230 e. The highest BCUT2D eigenvalue weighted by molar-refractivity contribution is 6.52. The number of nitrogens with one attached hydrogen (secondary N) is 1. The molecule has 1 aromatic rings. The number of benzene rings is 1. The lowest BCUT2D eigenvalue weighted by Crippen LogP contribution is -2.50. The number of aliphatic imine (C=N–C) groups is 1. The molecule has 3 rings (SSSR count). The molecule has 0 aromatic heterocycles. The second-order valence-electron chi connectivity index (χ2n) is 5.55. The van der Waals surface area contributed by atoms with Gasteiger partial charge < -0.3 is 0 Å². The molecule has 20 heavy (non-hydrogen) atoms. The van der Waals surface area contributed by atoms with Crippen LogP contribution >= 0.6 is 0 Å². The topological polar surface area (TPSA) is 58.5 Å². The van der Waals surface area contributed by atoms with E-state index in [-0.39, 0.29) is 17.6 Å². The first kappa shape index (κ1) is 13.1. The molecule has 1 heterocycles. The van der Waals surface area contributed by atoms with E-state index in [1.165, 1.54) is 6.07 Å². The SMILES string of the molecule is CC(C)C1N=C2c3ccc(F)cc3C(=O)C(=O)C2CN1. The molecule has 0 amide bonds. The summed E-state index contributed by atoms with van der Waals surface area (Å²) in [4.78, 5) is 28.7. The monoisotopic (exact) mass is 274 g/mol. The molecular formula is C15H15FN2O2. The van der Waals surface area contributed by atoms with E-state index in [1.807, 2.05) is 13.8 Å². The van der Waals surface area contributed by atoms with Crippen LogP contribution in [0.3, 0.4) is 0 Å². The van der Waals surface area contributed by atoms with Gasteiger partial charge in [-0.3, -0.25) is 19.9 Å². The van der Waals surface area contributed by atoms with Crippen molar-refractivity contribution in [1.82, 2.24) is 5.32 Å². The smallest absolute Gasteiger partial charge is 0.230 e.